The summed E-state index contributed by atoms with van der Waals surface area (Å²) in [6, 6.07) is 7.13. The fourth-order valence-corrected chi connectivity index (χ4v) is 4.34. The van der Waals surface area contributed by atoms with Gasteiger partial charge in [-0.05, 0) is 63.5 Å². The zero-order valence-corrected chi connectivity index (χ0v) is 17.7. The first-order chi connectivity index (χ1) is 14.9. The lowest BCUT2D eigenvalue weighted by Gasteiger charge is -2.28. The van der Waals surface area contributed by atoms with E-state index < -0.39 is 11.7 Å². The Morgan fingerprint density at radius 1 is 0.903 bits per heavy atom. The van der Waals surface area contributed by atoms with Gasteiger partial charge < -0.3 is 14.4 Å². The molecule has 1 aromatic heterocycles. The second kappa shape index (κ2) is 9.32. The third-order valence-corrected chi connectivity index (χ3v) is 6.02. The highest BCUT2D eigenvalue weighted by atomic mass is 19.4. The summed E-state index contributed by atoms with van der Waals surface area (Å²) in [6.07, 6.45) is 5.41. The summed E-state index contributed by atoms with van der Waals surface area (Å²) in [7, 11) is 1.57. The first-order valence-corrected chi connectivity index (χ1v) is 11.0. The van der Waals surface area contributed by atoms with Crippen LogP contribution in [-0.2, 0) is 6.18 Å². The summed E-state index contributed by atoms with van der Waals surface area (Å²) in [5.74, 6) is 0.317. The summed E-state index contributed by atoms with van der Waals surface area (Å²) >= 11 is 0. The molecule has 0 aliphatic heterocycles. The van der Waals surface area contributed by atoms with E-state index in [-0.39, 0.29) is 24.0 Å². The Morgan fingerprint density at radius 2 is 1.52 bits per heavy atom. The third-order valence-electron chi connectivity index (χ3n) is 6.02. The molecule has 0 amide bonds. The lowest BCUT2D eigenvalue weighted by atomic mass is 9.98. The number of nitrogens with zero attached hydrogens (tertiary/aromatic N) is 3. The normalized spacial score (nSPS) is 18.2. The molecule has 31 heavy (non-hydrogen) atoms. The van der Waals surface area contributed by atoms with Gasteiger partial charge in [-0.3, -0.25) is 0 Å². The van der Waals surface area contributed by atoms with Crippen LogP contribution in [0.1, 0.15) is 63.4 Å². The largest absolute Gasteiger partial charge is 0.488 e. The molecule has 0 N–H and O–H groups in total. The highest BCUT2D eigenvalue weighted by molar-refractivity contribution is 5.68. The number of hydrogen-bond donors (Lipinski definition) is 0. The van der Waals surface area contributed by atoms with Crippen LogP contribution in [0.4, 0.5) is 24.7 Å². The molecule has 168 valence electrons. The summed E-state index contributed by atoms with van der Waals surface area (Å²) in [4.78, 5) is 9.45. The first-order valence-electron chi connectivity index (χ1n) is 11.0. The summed E-state index contributed by atoms with van der Waals surface area (Å²) < 4.78 is 53.2. The molecule has 0 spiro atoms. The Kier molecular flexibility index (Phi) is 6.53. The van der Waals surface area contributed by atoms with Crippen molar-refractivity contribution in [2.75, 3.05) is 11.9 Å². The lowest BCUT2D eigenvalue weighted by Crippen LogP contribution is -2.23. The lowest BCUT2D eigenvalue weighted by molar-refractivity contribution is -0.137. The van der Waals surface area contributed by atoms with Gasteiger partial charge in [0.05, 0.1) is 11.8 Å². The number of halogens is 3. The number of para-hydroxylation sites is 2. The number of anilines is 2. The molecule has 2 aromatic rings. The minimum Gasteiger partial charge on any atom is -0.488 e. The van der Waals surface area contributed by atoms with E-state index in [1.165, 1.54) is 11.3 Å². The van der Waals surface area contributed by atoms with E-state index in [0.717, 1.165) is 57.6 Å². The van der Waals surface area contributed by atoms with Crippen LogP contribution >= 0.6 is 0 Å². The fraction of sp³-hybridized carbons (Fsp3) is 0.565. The van der Waals surface area contributed by atoms with Crippen LogP contribution in [0.25, 0.3) is 0 Å². The smallest absolute Gasteiger partial charge is 0.421 e. The highest BCUT2D eigenvalue weighted by Gasteiger charge is 2.37. The van der Waals surface area contributed by atoms with E-state index in [2.05, 4.69) is 9.97 Å². The number of ether oxygens (including phenoxy) is 2. The summed E-state index contributed by atoms with van der Waals surface area (Å²) in [5.41, 5.74) is -0.370. The van der Waals surface area contributed by atoms with Crippen molar-refractivity contribution in [1.29, 1.82) is 0 Å². The van der Waals surface area contributed by atoms with Crippen molar-refractivity contribution in [1.82, 2.24) is 9.97 Å². The zero-order chi connectivity index (χ0) is 21.8. The molecule has 2 saturated carbocycles. The number of rotatable bonds is 6. The van der Waals surface area contributed by atoms with Gasteiger partial charge in [-0.15, -0.1) is 0 Å². The van der Waals surface area contributed by atoms with Gasteiger partial charge in [0, 0.05) is 13.2 Å². The maximum absolute atomic E-state index is 13.8. The molecule has 2 aliphatic carbocycles. The van der Waals surface area contributed by atoms with Crippen molar-refractivity contribution in [2.45, 2.75) is 76.2 Å². The molecule has 0 saturated heterocycles. The van der Waals surface area contributed by atoms with Gasteiger partial charge in [0.25, 0.3) is 0 Å². The van der Waals surface area contributed by atoms with E-state index >= 15 is 0 Å². The topological polar surface area (TPSA) is 47.5 Å². The molecule has 4 rings (SSSR count). The Hall–Kier alpha value is -2.51. The van der Waals surface area contributed by atoms with Gasteiger partial charge in [0.15, 0.2) is 5.82 Å². The molecule has 5 nitrogen and oxygen atoms in total. The second-order valence-corrected chi connectivity index (χ2v) is 8.32. The van der Waals surface area contributed by atoms with Crippen LogP contribution in [0.15, 0.2) is 30.5 Å². The fourth-order valence-electron chi connectivity index (χ4n) is 4.34. The van der Waals surface area contributed by atoms with E-state index in [1.807, 2.05) is 6.07 Å². The quantitative estimate of drug-likeness (QED) is 0.533. The Balaban J connectivity index is 1.65. The van der Waals surface area contributed by atoms with Crippen molar-refractivity contribution < 1.29 is 22.6 Å². The molecule has 1 aromatic carbocycles. The van der Waals surface area contributed by atoms with E-state index in [9.17, 15) is 13.2 Å². The van der Waals surface area contributed by atoms with E-state index in [0.29, 0.717) is 11.4 Å². The highest BCUT2D eigenvalue weighted by Crippen LogP contribution is 2.41. The standard InChI is InChI=1S/C23H28F3N3O2/c1-29(19-13-7-8-14-20(19)30-16-9-3-2-4-10-16)21-18(23(24,25)26)15-27-22(28-21)31-17-11-5-6-12-17/h7-8,13-17H,2-6,9-12H2,1H3. The van der Waals surface area contributed by atoms with Crippen LogP contribution in [0.2, 0.25) is 0 Å². The van der Waals surface area contributed by atoms with Crippen LogP contribution in [-0.4, -0.2) is 29.2 Å². The van der Waals surface area contributed by atoms with Crippen molar-refractivity contribution in [3.8, 4) is 11.8 Å². The average Bonchev–Trinajstić information content (AvgIpc) is 3.27. The number of hydrogen-bond acceptors (Lipinski definition) is 5. The van der Waals surface area contributed by atoms with Crippen LogP contribution in [0.3, 0.4) is 0 Å². The SMILES string of the molecule is CN(c1ccccc1OC1CCCCC1)c1nc(OC2CCCC2)ncc1C(F)(F)F. The molecule has 1 heterocycles. The van der Waals surface area contributed by atoms with E-state index in [4.69, 9.17) is 9.47 Å². The van der Waals surface area contributed by atoms with Crippen molar-refractivity contribution in [2.24, 2.45) is 0 Å². The molecule has 0 atom stereocenters. The van der Waals surface area contributed by atoms with E-state index in [1.54, 1.807) is 25.2 Å². The van der Waals surface area contributed by atoms with Crippen LogP contribution in [0, 0.1) is 0 Å². The Labute approximate surface area is 180 Å². The predicted molar refractivity (Wildman–Crippen MR) is 112 cm³/mol. The molecule has 2 fully saturated rings. The monoisotopic (exact) mass is 435 g/mol. The van der Waals surface area contributed by atoms with Gasteiger partial charge in [-0.25, -0.2) is 4.98 Å². The zero-order valence-electron chi connectivity index (χ0n) is 17.7. The minimum atomic E-state index is -4.59. The van der Waals surface area contributed by atoms with Gasteiger partial charge in [0.1, 0.15) is 17.4 Å². The molecule has 0 radical (unpaired) electrons. The molecular weight excluding hydrogens is 407 g/mol. The van der Waals surface area contributed by atoms with Gasteiger partial charge in [-0.1, -0.05) is 18.6 Å². The van der Waals surface area contributed by atoms with Gasteiger partial charge >= 0.3 is 12.2 Å². The molecular formula is C23H28F3N3O2. The third kappa shape index (κ3) is 5.22. The molecule has 0 bridgehead atoms. The van der Waals surface area contributed by atoms with Crippen LogP contribution in [0.5, 0.6) is 11.8 Å². The van der Waals surface area contributed by atoms with Crippen LogP contribution < -0.4 is 14.4 Å². The number of benzene rings is 1. The molecule has 0 unspecified atom stereocenters. The van der Waals surface area contributed by atoms with Gasteiger partial charge in [0.2, 0.25) is 0 Å². The number of aromatic nitrogens is 2. The Morgan fingerprint density at radius 3 is 2.19 bits per heavy atom. The van der Waals surface area contributed by atoms with Crippen molar-refractivity contribution >= 4 is 11.5 Å². The van der Waals surface area contributed by atoms with Crippen molar-refractivity contribution in [3.63, 3.8) is 0 Å². The summed E-state index contributed by atoms with van der Waals surface area (Å²) in [5, 5.41) is 0. The maximum atomic E-state index is 13.8. The predicted octanol–water partition coefficient (Wildman–Crippen LogP) is 6.30. The maximum Gasteiger partial charge on any atom is 0.421 e. The molecule has 2 aliphatic rings. The van der Waals surface area contributed by atoms with Gasteiger partial charge in [-0.2, -0.15) is 18.2 Å². The second-order valence-electron chi connectivity index (χ2n) is 8.32. The van der Waals surface area contributed by atoms with Crippen molar-refractivity contribution in [3.05, 3.63) is 36.0 Å². The average molecular weight is 435 g/mol. The first kappa shape index (κ1) is 21.7. The Bertz CT molecular complexity index is 879. The summed E-state index contributed by atoms with van der Waals surface area (Å²) in [6.45, 7) is 0. The molecule has 8 heteroatoms. The minimum absolute atomic E-state index is 0.0209. The number of alkyl halides is 3.